The zero-order valence-electron chi connectivity index (χ0n) is 21.3. The lowest BCUT2D eigenvalue weighted by atomic mass is 9.93. The third-order valence-corrected chi connectivity index (χ3v) is 6.79. The van der Waals surface area contributed by atoms with E-state index in [-0.39, 0.29) is 23.9 Å². The first-order valence-corrected chi connectivity index (χ1v) is 12.8. The number of hydrogen-bond acceptors (Lipinski definition) is 6. The Bertz CT molecular complexity index is 1100. The van der Waals surface area contributed by atoms with E-state index in [1.165, 1.54) is 0 Å². The van der Waals surface area contributed by atoms with Crippen molar-refractivity contribution in [1.29, 1.82) is 5.26 Å². The first kappa shape index (κ1) is 25.5. The lowest BCUT2D eigenvalue weighted by Gasteiger charge is -2.41. The summed E-state index contributed by atoms with van der Waals surface area (Å²) in [5.74, 6) is 1.19. The van der Waals surface area contributed by atoms with Crippen LogP contribution < -0.4 is 20.3 Å². The van der Waals surface area contributed by atoms with Crippen LogP contribution in [0.25, 0.3) is 0 Å². The van der Waals surface area contributed by atoms with Gasteiger partial charge in [-0.05, 0) is 82.3 Å². The first-order chi connectivity index (χ1) is 17.3. The van der Waals surface area contributed by atoms with E-state index < -0.39 is 5.60 Å². The number of nitrogens with one attached hydrogen (secondary N) is 2. The number of aromatic nitrogens is 1. The Balaban J connectivity index is 1.36. The molecule has 2 N–H and O–H groups in total. The molecule has 8 heteroatoms. The average molecular weight is 490 g/mol. The van der Waals surface area contributed by atoms with Gasteiger partial charge in [0.1, 0.15) is 11.6 Å². The lowest BCUT2D eigenvalue weighted by Crippen LogP contribution is -2.55. The highest BCUT2D eigenvalue weighted by molar-refractivity contribution is 5.94. The van der Waals surface area contributed by atoms with E-state index in [0.29, 0.717) is 22.9 Å². The van der Waals surface area contributed by atoms with Crippen LogP contribution in [0.4, 0.5) is 5.82 Å². The second-order valence-corrected chi connectivity index (χ2v) is 10.2. The van der Waals surface area contributed by atoms with Crippen molar-refractivity contribution < 1.29 is 14.3 Å². The maximum atomic E-state index is 13.1. The molecule has 1 aromatic heterocycles. The normalized spacial score (nSPS) is 19.8. The van der Waals surface area contributed by atoms with Crippen molar-refractivity contribution in [3.8, 4) is 11.8 Å². The molecule has 2 fully saturated rings. The molecule has 2 atom stereocenters. The number of nitriles is 1. The van der Waals surface area contributed by atoms with Crippen molar-refractivity contribution in [3.63, 3.8) is 0 Å². The predicted octanol–water partition coefficient (Wildman–Crippen LogP) is 3.96. The fraction of sp³-hybridized carbons (Fsp3) is 0.500. The SMILES string of the molecule is CCCC1CC(NC(=O)C(C)(C)Oc2ccc(C#N)cc2)CCN1c1ccc(C(=O)NC2CC2)cn1. The number of nitrogens with zero attached hydrogens (tertiary/aromatic N) is 3. The standard InChI is InChI=1S/C28H35N5O3/c1-4-5-23-16-22(32-27(35)28(2,3)36-24-11-6-19(17-29)7-12-24)14-15-33(23)25-13-8-20(18-30-25)26(34)31-21-9-10-21/h6-8,11-13,18,21-23H,4-5,9-10,14-16H2,1-3H3,(H,31,34)(H,32,35). The van der Waals surface area contributed by atoms with Crippen molar-refractivity contribution in [2.24, 2.45) is 0 Å². The van der Waals surface area contributed by atoms with Crippen molar-refractivity contribution in [2.75, 3.05) is 11.4 Å². The summed E-state index contributed by atoms with van der Waals surface area (Å²) in [6, 6.07) is 13.2. The molecule has 2 aromatic rings. The van der Waals surface area contributed by atoms with Crippen LogP contribution in [0.2, 0.25) is 0 Å². The van der Waals surface area contributed by atoms with Gasteiger partial charge in [-0.15, -0.1) is 0 Å². The summed E-state index contributed by atoms with van der Waals surface area (Å²) in [7, 11) is 0. The van der Waals surface area contributed by atoms with E-state index in [2.05, 4.69) is 33.5 Å². The van der Waals surface area contributed by atoms with Crippen LogP contribution >= 0.6 is 0 Å². The number of amides is 2. The molecule has 8 nitrogen and oxygen atoms in total. The molecular formula is C28H35N5O3. The van der Waals surface area contributed by atoms with Crippen molar-refractivity contribution >= 4 is 17.6 Å². The number of pyridine rings is 1. The number of anilines is 1. The van der Waals surface area contributed by atoms with Gasteiger partial charge in [0.05, 0.1) is 17.2 Å². The summed E-state index contributed by atoms with van der Waals surface area (Å²) in [6.45, 7) is 6.44. The number of carbonyl (C=O) groups is 2. The molecule has 1 saturated carbocycles. The van der Waals surface area contributed by atoms with Crippen LogP contribution in [0.1, 0.15) is 75.2 Å². The number of piperidine rings is 1. The smallest absolute Gasteiger partial charge is 0.263 e. The van der Waals surface area contributed by atoms with Crippen LogP contribution in [-0.2, 0) is 4.79 Å². The van der Waals surface area contributed by atoms with Crippen LogP contribution in [0, 0.1) is 11.3 Å². The average Bonchev–Trinajstić information content (AvgIpc) is 3.69. The Morgan fingerprint density at radius 1 is 1.11 bits per heavy atom. The molecule has 2 aliphatic rings. The van der Waals surface area contributed by atoms with Crippen LogP contribution in [0.15, 0.2) is 42.6 Å². The minimum atomic E-state index is -1.05. The number of rotatable bonds is 9. The highest BCUT2D eigenvalue weighted by atomic mass is 16.5. The summed E-state index contributed by atoms with van der Waals surface area (Å²) in [6.07, 6.45) is 7.40. The zero-order valence-corrected chi connectivity index (χ0v) is 21.3. The molecule has 2 heterocycles. The van der Waals surface area contributed by atoms with E-state index >= 15 is 0 Å². The maximum absolute atomic E-state index is 13.1. The lowest BCUT2D eigenvalue weighted by molar-refractivity contribution is -0.135. The predicted molar refractivity (Wildman–Crippen MR) is 138 cm³/mol. The summed E-state index contributed by atoms with van der Waals surface area (Å²) < 4.78 is 5.95. The van der Waals surface area contributed by atoms with Gasteiger partial charge in [-0.25, -0.2) is 4.98 Å². The summed E-state index contributed by atoms with van der Waals surface area (Å²) in [4.78, 5) is 32.3. The highest BCUT2D eigenvalue weighted by Crippen LogP contribution is 2.28. The summed E-state index contributed by atoms with van der Waals surface area (Å²) >= 11 is 0. The zero-order chi connectivity index (χ0) is 25.7. The van der Waals surface area contributed by atoms with E-state index in [1.54, 1.807) is 44.3 Å². The third-order valence-electron chi connectivity index (χ3n) is 6.79. The molecule has 2 amide bonds. The topological polar surface area (TPSA) is 107 Å². The molecule has 190 valence electrons. The molecule has 4 rings (SSSR count). The van der Waals surface area contributed by atoms with Crippen LogP contribution in [0.3, 0.4) is 0 Å². The molecule has 36 heavy (non-hydrogen) atoms. The molecule has 0 spiro atoms. The monoisotopic (exact) mass is 489 g/mol. The summed E-state index contributed by atoms with van der Waals surface area (Å²) in [5, 5.41) is 15.2. The number of hydrogen-bond donors (Lipinski definition) is 2. The van der Waals surface area contributed by atoms with Gasteiger partial charge in [-0.1, -0.05) is 13.3 Å². The number of benzene rings is 1. The molecule has 1 aliphatic heterocycles. The Kier molecular flexibility index (Phi) is 7.78. The van der Waals surface area contributed by atoms with Gasteiger partial charge in [0.25, 0.3) is 11.8 Å². The minimum absolute atomic E-state index is 0.0396. The largest absolute Gasteiger partial charge is 0.478 e. The van der Waals surface area contributed by atoms with Gasteiger partial charge in [-0.3, -0.25) is 9.59 Å². The Morgan fingerprint density at radius 2 is 1.86 bits per heavy atom. The first-order valence-electron chi connectivity index (χ1n) is 12.8. The van der Waals surface area contributed by atoms with E-state index in [0.717, 1.165) is 50.9 Å². The van der Waals surface area contributed by atoms with Crippen molar-refractivity contribution in [2.45, 2.75) is 83.0 Å². The Morgan fingerprint density at radius 3 is 2.47 bits per heavy atom. The molecule has 0 radical (unpaired) electrons. The summed E-state index contributed by atoms with van der Waals surface area (Å²) in [5.41, 5.74) is 0.0811. The van der Waals surface area contributed by atoms with Crippen molar-refractivity contribution in [3.05, 3.63) is 53.7 Å². The Hall–Kier alpha value is -3.60. The molecule has 0 bridgehead atoms. The molecule has 2 unspecified atom stereocenters. The quantitative estimate of drug-likeness (QED) is 0.552. The van der Waals surface area contributed by atoms with Gasteiger partial charge >= 0.3 is 0 Å². The second kappa shape index (κ2) is 11.0. The fourth-order valence-electron chi connectivity index (χ4n) is 4.57. The van der Waals surface area contributed by atoms with E-state index in [4.69, 9.17) is 10.00 Å². The number of ether oxygens (including phenoxy) is 1. The Labute approximate surface area is 213 Å². The maximum Gasteiger partial charge on any atom is 0.263 e. The van der Waals surface area contributed by atoms with Gasteiger partial charge in [0.15, 0.2) is 5.60 Å². The van der Waals surface area contributed by atoms with Crippen LogP contribution in [-0.4, -0.2) is 47.1 Å². The van der Waals surface area contributed by atoms with Crippen LogP contribution in [0.5, 0.6) is 5.75 Å². The highest BCUT2D eigenvalue weighted by Gasteiger charge is 2.35. The van der Waals surface area contributed by atoms with Gasteiger partial charge in [-0.2, -0.15) is 5.26 Å². The van der Waals surface area contributed by atoms with E-state index in [1.807, 2.05) is 12.1 Å². The van der Waals surface area contributed by atoms with Gasteiger partial charge in [0.2, 0.25) is 0 Å². The van der Waals surface area contributed by atoms with Gasteiger partial charge in [0, 0.05) is 30.9 Å². The molecule has 1 aromatic carbocycles. The number of carbonyl (C=O) groups excluding carboxylic acids is 2. The molecule has 1 saturated heterocycles. The van der Waals surface area contributed by atoms with Gasteiger partial charge < -0.3 is 20.3 Å². The third kappa shape index (κ3) is 6.34. The van der Waals surface area contributed by atoms with Crippen molar-refractivity contribution in [1.82, 2.24) is 15.6 Å². The second-order valence-electron chi connectivity index (χ2n) is 10.2. The minimum Gasteiger partial charge on any atom is -0.478 e. The molecular weight excluding hydrogens is 454 g/mol. The molecule has 1 aliphatic carbocycles. The van der Waals surface area contributed by atoms with E-state index in [9.17, 15) is 9.59 Å². The fourth-order valence-corrected chi connectivity index (χ4v) is 4.57.